The molecule has 9 N–H and O–H groups in total. The van der Waals surface area contributed by atoms with Crippen molar-refractivity contribution in [2.75, 3.05) is 10.6 Å². The van der Waals surface area contributed by atoms with Gasteiger partial charge in [0.15, 0.2) is 5.75 Å². The highest BCUT2D eigenvalue weighted by molar-refractivity contribution is 7.87. The van der Waals surface area contributed by atoms with Crippen LogP contribution in [0.4, 0.5) is 61.7 Å². The lowest BCUT2D eigenvalue weighted by Gasteiger charge is -2.13. The molecule has 0 aromatic heterocycles. The third-order valence-electron chi connectivity index (χ3n) is 10.9. The first-order valence-corrected chi connectivity index (χ1v) is 28.8. The molecule has 79 heavy (non-hydrogen) atoms. The Morgan fingerprint density at radius 3 is 1.35 bits per heavy atom. The first-order chi connectivity index (χ1) is 36.9. The minimum absolute atomic E-state index is 0.00965. The molecule has 8 rings (SSSR count). The van der Waals surface area contributed by atoms with Crippen LogP contribution in [0.25, 0.3) is 21.5 Å². The van der Waals surface area contributed by atoms with Gasteiger partial charge in [-0.1, -0.05) is 0 Å². The van der Waals surface area contributed by atoms with Crippen molar-refractivity contribution in [1.82, 2.24) is 0 Å². The number of hydrogen-bond donors (Lipinski definition) is 9. The Morgan fingerprint density at radius 1 is 0.392 bits per heavy atom. The summed E-state index contributed by atoms with van der Waals surface area (Å²) >= 11 is 0. The smallest absolute Gasteiger partial charge is 0.323 e. The fourth-order valence-electron chi connectivity index (χ4n) is 7.24. The van der Waals surface area contributed by atoms with Gasteiger partial charge in [-0.2, -0.15) is 67.7 Å². The number of anilines is 2. The van der Waals surface area contributed by atoms with Gasteiger partial charge >= 0.3 is 6.03 Å². The second kappa shape index (κ2) is 21.5. The maximum atomic E-state index is 13.4. The first kappa shape index (κ1) is 56.3. The topological polar surface area (TPSA) is 452 Å². The van der Waals surface area contributed by atoms with Crippen LogP contribution < -0.4 is 10.6 Å². The summed E-state index contributed by atoms with van der Waals surface area (Å²) in [4.78, 5) is 9.81. The van der Waals surface area contributed by atoms with E-state index >= 15 is 0 Å². The van der Waals surface area contributed by atoms with Crippen LogP contribution in [0.15, 0.2) is 199 Å². The molecule has 28 nitrogen and oxygen atoms in total. The molecule has 0 aliphatic heterocycles. The molecule has 0 aliphatic rings. The number of aryl methyl sites for hydroxylation is 1. The molecule has 406 valence electrons. The van der Waals surface area contributed by atoms with E-state index in [1.165, 1.54) is 78.9 Å². The van der Waals surface area contributed by atoms with Gasteiger partial charge in [0, 0.05) is 33.6 Å². The van der Waals surface area contributed by atoms with E-state index in [1.807, 2.05) is 0 Å². The van der Waals surface area contributed by atoms with Crippen molar-refractivity contribution in [1.29, 1.82) is 0 Å². The van der Waals surface area contributed by atoms with Crippen molar-refractivity contribution in [2.24, 2.45) is 40.9 Å². The predicted octanol–water partition coefficient (Wildman–Crippen LogP) is 11.3. The number of rotatable bonds is 15. The van der Waals surface area contributed by atoms with Crippen molar-refractivity contribution in [3.8, 4) is 11.5 Å². The molecule has 0 spiro atoms. The molecule has 0 atom stereocenters. The Kier molecular flexibility index (Phi) is 15.3. The van der Waals surface area contributed by atoms with Gasteiger partial charge in [-0.3, -0.25) is 22.8 Å². The molecule has 0 fully saturated rings. The summed E-state index contributed by atoms with van der Waals surface area (Å²) in [5, 5.41) is 58.2. The fraction of sp³-hybridized carbons (Fsp3) is 0.0217. The summed E-state index contributed by atoms with van der Waals surface area (Å²) in [5.41, 5.74) is -0.930. The molecule has 0 bridgehead atoms. The summed E-state index contributed by atoms with van der Waals surface area (Å²) in [6.45, 7) is 1.61. The van der Waals surface area contributed by atoms with Gasteiger partial charge in [0.05, 0.1) is 38.2 Å². The number of phenols is 2. The number of fused-ring (bicyclic) bond motifs is 2. The van der Waals surface area contributed by atoms with E-state index in [1.54, 1.807) is 6.92 Å². The largest absolute Gasteiger partial charge is 0.507 e. The fourth-order valence-corrected chi connectivity index (χ4v) is 10.2. The molecule has 8 aromatic rings. The number of amides is 2. The minimum atomic E-state index is -5.26. The summed E-state index contributed by atoms with van der Waals surface area (Å²) in [6.07, 6.45) is 0. The van der Waals surface area contributed by atoms with Gasteiger partial charge < -0.3 is 20.8 Å². The SMILES string of the molecule is Cc1cc(N=Nc2ccc(S(=O)(=O)O)cc2)ccc1N=Nc1c(S(=O)(=O)O)cc(O)c2ccc(NC(=O)Nc3ccc4c(O)c(N=Nc5ccc(N=Nc6ccc(S(=O)(=O)O)cc6)cc5S(=O)(=O)O)c(S(=O)(=O)O)cc4c3)cc12. The number of benzene rings is 8. The number of nitrogens with zero attached hydrogens (tertiary/aromatic N) is 8. The van der Waals surface area contributed by atoms with Crippen LogP contribution >= 0.6 is 0 Å². The number of azo groups is 4. The summed E-state index contributed by atoms with van der Waals surface area (Å²) in [7, 11) is -24.4. The Hall–Kier alpha value is -8.90. The number of urea groups is 1. The van der Waals surface area contributed by atoms with Crippen molar-refractivity contribution >= 4 is 135 Å². The number of carbonyl (C=O) groups excluding carboxylic acids is 1. The van der Waals surface area contributed by atoms with Gasteiger partial charge in [0.25, 0.3) is 50.6 Å². The predicted molar refractivity (Wildman–Crippen MR) is 280 cm³/mol. The molecule has 0 aliphatic carbocycles. The molecule has 0 heterocycles. The van der Waals surface area contributed by atoms with Gasteiger partial charge in [-0.25, -0.2) is 4.79 Å². The Bertz CT molecular complexity index is 4560. The van der Waals surface area contributed by atoms with Crippen molar-refractivity contribution < 1.29 is 79.9 Å². The molecule has 2 amide bonds. The van der Waals surface area contributed by atoms with E-state index in [0.717, 1.165) is 54.6 Å². The van der Waals surface area contributed by atoms with E-state index in [2.05, 4.69) is 51.5 Å². The van der Waals surface area contributed by atoms with Gasteiger partial charge in [0.1, 0.15) is 37.5 Å². The normalized spacial score (nSPS) is 12.9. The Morgan fingerprint density at radius 2 is 0.835 bits per heavy atom. The van der Waals surface area contributed by atoms with Crippen molar-refractivity contribution in [3.63, 3.8) is 0 Å². The van der Waals surface area contributed by atoms with Crippen LogP contribution in [0.2, 0.25) is 0 Å². The van der Waals surface area contributed by atoms with Gasteiger partial charge in [-0.15, -0.1) is 15.3 Å². The number of phenolic OH excluding ortho intramolecular Hbond substituents is 2. The highest BCUT2D eigenvalue weighted by atomic mass is 32.2. The Labute approximate surface area is 446 Å². The molecular formula is C46H34N10O18S5. The van der Waals surface area contributed by atoms with Gasteiger partial charge in [-0.05, 0) is 145 Å². The van der Waals surface area contributed by atoms with Crippen molar-refractivity contribution in [3.05, 3.63) is 139 Å². The number of carbonyl (C=O) groups is 1. The zero-order chi connectivity index (χ0) is 57.4. The first-order valence-electron chi connectivity index (χ1n) is 21.6. The van der Waals surface area contributed by atoms with Crippen LogP contribution in [0.1, 0.15) is 5.56 Å². The van der Waals surface area contributed by atoms with Crippen LogP contribution in [-0.2, 0) is 50.6 Å². The van der Waals surface area contributed by atoms with Crippen LogP contribution in [0, 0.1) is 6.92 Å². The van der Waals surface area contributed by atoms with E-state index in [0.29, 0.717) is 11.3 Å². The minimum Gasteiger partial charge on any atom is -0.507 e. The second-order valence-corrected chi connectivity index (χ2v) is 23.4. The third kappa shape index (κ3) is 13.3. The van der Waals surface area contributed by atoms with Crippen LogP contribution in [-0.4, -0.2) is 81.1 Å². The summed E-state index contributed by atoms with van der Waals surface area (Å²) < 4.78 is 169. The summed E-state index contributed by atoms with van der Waals surface area (Å²) in [6, 6.07) is 24.8. The molecule has 0 saturated heterocycles. The molecular weight excluding hydrogens is 1140 g/mol. The monoisotopic (exact) mass is 1170 g/mol. The third-order valence-corrected chi connectivity index (χ3v) is 15.3. The highest BCUT2D eigenvalue weighted by Gasteiger charge is 2.25. The molecule has 8 aromatic carbocycles. The van der Waals surface area contributed by atoms with Gasteiger partial charge in [0.2, 0.25) is 0 Å². The quantitative estimate of drug-likeness (QED) is 0.0340. The standard InChI is InChI=1S/C46H34N10O18S5/c1-24-18-30(51-49-26-2-10-32(11-3-26)75(60,61)62)8-16-37(24)53-55-43-36-21-29(7-15-35(36)39(57)23-42(43)79(72,73)74)48-46(59)47-28-6-14-34-25(19-28)20-41(78(69,70)71)44(45(34)58)56-54-38-17-9-31(22-40(38)77(66,67)68)52-50-27-4-12-33(13-5-27)76(63,64)65/h2-23,57-58H,1H3,(H2,47,48,59)(H,60,61,62)(H,63,64,65)(H,66,67,68)(H,69,70,71)(H,72,73,74). The van der Waals surface area contributed by atoms with E-state index in [4.69, 9.17) is 4.55 Å². The molecule has 33 heteroatoms. The molecule has 0 saturated carbocycles. The average molecular weight is 1180 g/mol. The highest BCUT2D eigenvalue weighted by Crippen LogP contribution is 2.44. The van der Waals surface area contributed by atoms with Crippen molar-refractivity contribution in [2.45, 2.75) is 31.4 Å². The van der Waals surface area contributed by atoms with E-state index in [9.17, 15) is 75.3 Å². The summed E-state index contributed by atoms with van der Waals surface area (Å²) in [5.74, 6) is -1.50. The zero-order valence-electron chi connectivity index (χ0n) is 39.4. The number of hydrogen-bond acceptors (Lipinski definition) is 21. The van der Waals surface area contributed by atoms with Crippen LogP contribution in [0.5, 0.6) is 11.5 Å². The molecule has 0 unspecified atom stereocenters. The van der Waals surface area contributed by atoms with Crippen LogP contribution in [0.3, 0.4) is 0 Å². The maximum absolute atomic E-state index is 13.4. The number of aromatic hydroxyl groups is 2. The number of nitrogens with one attached hydrogen (secondary N) is 2. The second-order valence-electron chi connectivity index (χ2n) is 16.4. The average Bonchev–Trinajstić information content (AvgIpc) is 3.54. The Balaban J connectivity index is 1.04. The maximum Gasteiger partial charge on any atom is 0.323 e. The molecule has 0 radical (unpaired) electrons. The van der Waals surface area contributed by atoms with E-state index < -0.39 is 105 Å². The lowest BCUT2D eigenvalue weighted by atomic mass is 10.1. The zero-order valence-corrected chi connectivity index (χ0v) is 43.5. The lowest BCUT2D eigenvalue weighted by Crippen LogP contribution is -2.19. The van der Waals surface area contributed by atoms with E-state index in [-0.39, 0.29) is 60.6 Å². The lowest BCUT2D eigenvalue weighted by molar-refractivity contribution is 0.262.